The monoisotopic (exact) mass is 224 g/mol. The van der Waals surface area contributed by atoms with Crippen molar-refractivity contribution in [1.29, 1.82) is 0 Å². The SMILES string of the molecule is C/C=C/C(=C\C(=C/C)C(=O)OC)C(=O)OC. The van der Waals surface area contributed by atoms with Gasteiger partial charge in [-0.3, -0.25) is 0 Å². The van der Waals surface area contributed by atoms with Crippen molar-refractivity contribution in [3.05, 3.63) is 35.5 Å². The molecule has 0 aliphatic rings. The Morgan fingerprint density at radius 3 is 1.81 bits per heavy atom. The topological polar surface area (TPSA) is 52.6 Å². The molecule has 0 spiro atoms. The van der Waals surface area contributed by atoms with Gasteiger partial charge in [0.25, 0.3) is 0 Å². The molecule has 88 valence electrons. The average molecular weight is 224 g/mol. The number of methoxy groups -OCH3 is 2. The van der Waals surface area contributed by atoms with Crippen molar-refractivity contribution in [1.82, 2.24) is 0 Å². The molecule has 0 heterocycles. The van der Waals surface area contributed by atoms with Crippen molar-refractivity contribution in [2.24, 2.45) is 0 Å². The molecular weight excluding hydrogens is 208 g/mol. The highest BCUT2D eigenvalue weighted by Gasteiger charge is 2.11. The first-order chi connectivity index (χ1) is 7.60. The molecule has 0 rings (SSSR count). The van der Waals surface area contributed by atoms with Crippen LogP contribution in [0, 0.1) is 0 Å². The van der Waals surface area contributed by atoms with Gasteiger partial charge in [0, 0.05) is 0 Å². The van der Waals surface area contributed by atoms with Crippen molar-refractivity contribution in [3.63, 3.8) is 0 Å². The fourth-order valence-corrected chi connectivity index (χ4v) is 1.02. The van der Waals surface area contributed by atoms with E-state index in [1.807, 2.05) is 0 Å². The lowest BCUT2D eigenvalue weighted by atomic mass is 10.1. The Bertz CT molecular complexity index is 348. The van der Waals surface area contributed by atoms with E-state index in [1.165, 1.54) is 20.3 Å². The van der Waals surface area contributed by atoms with Gasteiger partial charge in [0.05, 0.1) is 25.4 Å². The highest BCUT2D eigenvalue weighted by Crippen LogP contribution is 2.08. The maximum Gasteiger partial charge on any atom is 0.337 e. The normalized spacial score (nSPS) is 12.8. The van der Waals surface area contributed by atoms with Gasteiger partial charge in [-0.05, 0) is 19.9 Å². The minimum absolute atomic E-state index is 0.295. The summed E-state index contributed by atoms with van der Waals surface area (Å²) in [5, 5.41) is 0. The highest BCUT2D eigenvalue weighted by atomic mass is 16.5. The molecule has 0 saturated carbocycles. The van der Waals surface area contributed by atoms with E-state index < -0.39 is 11.9 Å². The first-order valence-corrected chi connectivity index (χ1v) is 4.78. The van der Waals surface area contributed by atoms with Crippen molar-refractivity contribution >= 4 is 11.9 Å². The van der Waals surface area contributed by atoms with E-state index in [0.717, 1.165) is 0 Å². The van der Waals surface area contributed by atoms with Crippen LogP contribution in [0.4, 0.5) is 0 Å². The van der Waals surface area contributed by atoms with Crippen LogP contribution in [0.25, 0.3) is 0 Å². The summed E-state index contributed by atoms with van der Waals surface area (Å²) < 4.78 is 9.15. The van der Waals surface area contributed by atoms with Gasteiger partial charge in [-0.2, -0.15) is 0 Å². The zero-order valence-electron chi connectivity index (χ0n) is 9.94. The Morgan fingerprint density at radius 1 is 0.938 bits per heavy atom. The molecule has 0 bridgehead atoms. The van der Waals surface area contributed by atoms with Gasteiger partial charge in [0.2, 0.25) is 0 Å². The van der Waals surface area contributed by atoms with Crippen molar-refractivity contribution in [3.8, 4) is 0 Å². The predicted molar refractivity (Wildman–Crippen MR) is 60.7 cm³/mol. The second-order valence-electron chi connectivity index (χ2n) is 2.83. The maximum atomic E-state index is 11.3. The van der Waals surface area contributed by atoms with Crippen LogP contribution in [0.15, 0.2) is 35.5 Å². The van der Waals surface area contributed by atoms with Gasteiger partial charge >= 0.3 is 11.9 Å². The summed E-state index contributed by atoms with van der Waals surface area (Å²) in [4.78, 5) is 22.6. The van der Waals surface area contributed by atoms with Gasteiger partial charge in [-0.15, -0.1) is 0 Å². The number of carbonyl (C=O) groups is 2. The minimum Gasteiger partial charge on any atom is -0.465 e. The average Bonchev–Trinajstić information content (AvgIpc) is 2.32. The third-order valence-electron chi connectivity index (χ3n) is 1.81. The summed E-state index contributed by atoms with van der Waals surface area (Å²) >= 11 is 0. The number of carbonyl (C=O) groups excluding carboxylic acids is 2. The number of esters is 2. The lowest BCUT2D eigenvalue weighted by molar-refractivity contribution is -0.135. The number of allylic oxidation sites excluding steroid dienone is 2. The standard InChI is InChI=1S/C12H16O4/c1-5-7-10(12(14)16-4)8-9(6-2)11(13)15-3/h5-8H,1-4H3/b7-5+,9-6+,10-8+. The Kier molecular flexibility index (Phi) is 6.59. The van der Waals surface area contributed by atoms with E-state index in [0.29, 0.717) is 11.1 Å². The largest absolute Gasteiger partial charge is 0.465 e. The quantitative estimate of drug-likeness (QED) is 0.415. The van der Waals surface area contributed by atoms with Crippen LogP contribution in [0.1, 0.15) is 13.8 Å². The lowest BCUT2D eigenvalue weighted by Gasteiger charge is -2.02. The van der Waals surface area contributed by atoms with Crippen LogP contribution in [-0.2, 0) is 19.1 Å². The summed E-state index contributed by atoms with van der Waals surface area (Å²) in [5.41, 5.74) is 0.601. The lowest BCUT2D eigenvalue weighted by Crippen LogP contribution is -2.07. The Labute approximate surface area is 95.2 Å². The Morgan fingerprint density at radius 2 is 1.44 bits per heavy atom. The third-order valence-corrected chi connectivity index (χ3v) is 1.81. The van der Waals surface area contributed by atoms with Crippen molar-refractivity contribution < 1.29 is 19.1 Å². The number of rotatable bonds is 4. The van der Waals surface area contributed by atoms with Crippen LogP contribution < -0.4 is 0 Å². The van der Waals surface area contributed by atoms with Gasteiger partial charge < -0.3 is 9.47 Å². The summed E-state index contributed by atoms with van der Waals surface area (Å²) in [6, 6.07) is 0. The molecule has 0 unspecified atom stereocenters. The van der Waals surface area contributed by atoms with E-state index in [-0.39, 0.29) is 0 Å². The van der Waals surface area contributed by atoms with E-state index in [1.54, 1.807) is 32.1 Å². The van der Waals surface area contributed by atoms with Gasteiger partial charge in [0.15, 0.2) is 0 Å². The summed E-state index contributed by atoms with van der Waals surface area (Å²) in [6.07, 6.45) is 6.25. The van der Waals surface area contributed by atoms with Crippen LogP contribution in [0.3, 0.4) is 0 Å². The first-order valence-electron chi connectivity index (χ1n) is 4.78. The van der Waals surface area contributed by atoms with E-state index in [9.17, 15) is 9.59 Å². The second kappa shape index (κ2) is 7.45. The molecule has 0 aliphatic heterocycles. The molecule has 0 aromatic rings. The van der Waals surface area contributed by atoms with Crippen LogP contribution in [0.2, 0.25) is 0 Å². The predicted octanol–water partition coefficient (Wildman–Crippen LogP) is 1.78. The molecule has 4 nitrogen and oxygen atoms in total. The van der Waals surface area contributed by atoms with Crippen molar-refractivity contribution in [2.45, 2.75) is 13.8 Å². The Balaban J connectivity index is 5.18. The first kappa shape index (κ1) is 14.2. The highest BCUT2D eigenvalue weighted by molar-refractivity contribution is 5.97. The molecule has 16 heavy (non-hydrogen) atoms. The van der Waals surface area contributed by atoms with Gasteiger partial charge in [-0.25, -0.2) is 9.59 Å². The van der Waals surface area contributed by atoms with E-state index >= 15 is 0 Å². The van der Waals surface area contributed by atoms with Crippen molar-refractivity contribution in [2.75, 3.05) is 14.2 Å². The van der Waals surface area contributed by atoms with Crippen LogP contribution in [0.5, 0.6) is 0 Å². The van der Waals surface area contributed by atoms with Gasteiger partial charge in [0.1, 0.15) is 0 Å². The summed E-state index contributed by atoms with van der Waals surface area (Å²) in [5.74, 6) is -0.991. The smallest absolute Gasteiger partial charge is 0.337 e. The molecule has 0 saturated heterocycles. The zero-order valence-corrected chi connectivity index (χ0v) is 9.94. The van der Waals surface area contributed by atoms with Crippen LogP contribution >= 0.6 is 0 Å². The molecule has 0 amide bonds. The molecule has 0 aromatic carbocycles. The summed E-state index contributed by atoms with van der Waals surface area (Å²) in [7, 11) is 2.57. The fraction of sp³-hybridized carbons (Fsp3) is 0.333. The molecule has 0 atom stereocenters. The molecule has 0 aliphatic carbocycles. The molecule has 0 radical (unpaired) electrons. The third kappa shape index (κ3) is 4.13. The fourth-order valence-electron chi connectivity index (χ4n) is 1.02. The number of ether oxygens (including phenoxy) is 2. The number of hydrogen-bond acceptors (Lipinski definition) is 4. The maximum absolute atomic E-state index is 11.3. The molecule has 0 N–H and O–H groups in total. The summed E-state index contributed by atoms with van der Waals surface area (Å²) in [6.45, 7) is 3.46. The minimum atomic E-state index is -0.499. The molecule has 0 aromatic heterocycles. The zero-order chi connectivity index (χ0) is 12.6. The van der Waals surface area contributed by atoms with E-state index in [4.69, 9.17) is 0 Å². The van der Waals surface area contributed by atoms with Crippen LogP contribution in [-0.4, -0.2) is 26.2 Å². The van der Waals surface area contributed by atoms with E-state index in [2.05, 4.69) is 9.47 Å². The molecule has 4 heteroatoms. The number of hydrogen-bond donors (Lipinski definition) is 0. The molecule has 0 fully saturated rings. The Hall–Kier alpha value is -1.84. The second-order valence-corrected chi connectivity index (χ2v) is 2.83. The van der Waals surface area contributed by atoms with Gasteiger partial charge in [-0.1, -0.05) is 18.2 Å². The molecular formula is C12H16O4.